The van der Waals surface area contributed by atoms with Crippen LogP contribution in [0.25, 0.3) is 0 Å². The molecule has 32 heavy (non-hydrogen) atoms. The van der Waals surface area contributed by atoms with Crippen LogP contribution in [0.5, 0.6) is 0 Å². The van der Waals surface area contributed by atoms with Gasteiger partial charge in [0, 0.05) is 17.8 Å². The number of carbonyl (C=O) groups excluding carboxylic acids is 2. The zero-order valence-electron chi connectivity index (χ0n) is 17.9. The molecule has 0 fully saturated rings. The maximum Gasteiger partial charge on any atom is 0.251 e. The van der Waals surface area contributed by atoms with Gasteiger partial charge in [-0.15, -0.1) is 10.2 Å². The molecule has 0 aliphatic heterocycles. The number of rotatable bonds is 8. The Kier molecular flexibility index (Phi) is 8.17. The number of nitrogens with one attached hydrogen (secondary N) is 2. The molecule has 7 nitrogen and oxygen atoms in total. The van der Waals surface area contributed by atoms with Gasteiger partial charge in [-0.2, -0.15) is 0 Å². The van der Waals surface area contributed by atoms with Gasteiger partial charge in [-0.1, -0.05) is 52.7 Å². The summed E-state index contributed by atoms with van der Waals surface area (Å²) >= 11 is 13.2. The van der Waals surface area contributed by atoms with Gasteiger partial charge in [0.15, 0.2) is 11.0 Å². The number of halogens is 2. The Morgan fingerprint density at radius 2 is 1.91 bits per heavy atom. The minimum atomic E-state index is -0.352. The number of aryl methyl sites for hydroxylation is 1. The van der Waals surface area contributed by atoms with E-state index in [1.54, 1.807) is 24.3 Å². The molecule has 0 aliphatic carbocycles. The van der Waals surface area contributed by atoms with E-state index in [1.165, 1.54) is 11.8 Å². The number of carbonyl (C=O) groups is 2. The van der Waals surface area contributed by atoms with Gasteiger partial charge in [0.2, 0.25) is 5.91 Å². The summed E-state index contributed by atoms with van der Waals surface area (Å²) in [6.45, 7) is 6.36. The van der Waals surface area contributed by atoms with Gasteiger partial charge in [-0.3, -0.25) is 9.59 Å². The second-order valence-corrected chi connectivity index (χ2v) is 8.87. The molecule has 0 saturated heterocycles. The molecule has 168 valence electrons. The van der Waals surface area contributed by atoms with Crippen molar-refractivity contribution in [3.63, 3.8) is 0 Å². The van der Waals surface area contributed by atoms with Crippen LogP contribution in [0.2, 0.25) is 10.0 Å². The summed E-state index contributed by atoms with van der Waals surface area (Å²) in [5, 5.41) is 15.6. The average molecular weight is 492 g/mol. The van der Waals surface area contributed by atoms with E-state index in [2.05, 4.69) is 20.8 Å². The van der Waals surface area contributed by atoms with Crippen LogP contribution in [0.15, 0.2) is 47.6 Å². The number of hydrogen-bond acceptors (Lipinski definition) is 5. The van der Waals surface area contributed by atoms with E-state index in [0.717, 1.165) is 5.56 Å². The molecule has 2 N–H and O–H groups in total. The van der Waals surface area contributed by atoms with Crippen LogP contribution in [0.1, 0.15) is 41.6 Å². The smallest absolute Gasteiger partial charge is 0.251 e. The zero-order chi connectivity index (χ0) is 23.3. The van der Waals surface area contributed by atoms with Crippen LogP contribution >= 0.6 is 35.0 Å². The summed E-state index contributed by atoms with van der Waals surface area (Å²) in [6.07, 6.45) is 0. The fourth-order valence-electron chi connectivity index (χ4n) is 3.06. The molecule has 1 atom stereocenters. The lowest BCUT2D eigenvalue weighted by molar-refractivity contribution is -0.113. The minimum Gasteiger partial charge on any atom is -0.342 e. The first-order valence-electron chi connectivity index (χ1n) is 9.96. The molecule has 0 aliphatic rings. The van der Waals surface area contributed by atoms with Crippen LogP contribution in [0.4, 0.5) is 5.69 Å². The normalized spacial score (nSPS) is 11.8. The standard InChI is InChI=1S/C22H23Cl2N5O2S/c1-4-29-20(14(3)25-21(31)15-7-5-6-13(2)10-15)27-28-22(29)32-12-19(30)26-16-8-9-17(23)18(24)11-16/h5-11,14H,4,12H2,1-3H3,(H,25,31)(H,26,30)/t14-/m0/s1. The highest BCUT2D eigenvalue weighted by molar-refractivity contribution is 7.99. The van der Waals surface area contributed by atoms with Crippen molar-refractivity contribution in [2.24, 2.45) is 0 Å². The van der Waals surface area contributed by atoms with Gasteiger partial charge >= 0.3 is 0 Å². The highest BCUT2D eigenvalue weighted by Crippen LogP contribution is 2.26. The Hall–Kier alpha value is -2.55. The maximum absolute atomic E-state index is 12.6. The van der Waals surface area contributed by atoms with Crippen LogP contribution in [0, 0.1) is 6.92 Å². The van der Waals surface area contributed by atoms with Crippen LogP contribution in [0.3, 0.4) is 0 Å². The average Bonchev–Trinajstić information content (AvgIpc) is 3.18. The second-order valence-electron chi connectivity index (χ2n) is 7.12. The van der Waals surface area contributed by atoms with Crippen molar-refractivity contribution < 1.29 is 9.59 Å². The van der Waals surface area contributed by atoms with Crippen molar-refractivity contribution in [3.8, 4) is 0 Å². The van der Waals surface area contributed by atoms with Crippen molar-refractivity contribution >= 4 is 52.5 Å². The molecule has 1 aromatic heterocycles. The van der Waals surface area contributed by atoms with Gasteiger partial charge in [0.25, 0.3) is 5.91 Å². The fraction of sp³-hybridized carbons (Fsp3) is 0.273. The predicted octanol–water partition coefficient (Wildman–Crippen LogP) is 5.14. The fourth-order valence-corrected chi connectivity index (χ4v) is 4.16. The van der Waals surface area contributed by atoms with E-state index in [9.17, 15) is 9.59 Å². The van der Waals surface area contributed by atoms with Gasteiger partial charge in [-0.05, 0) is 51.1 Å². The Morgan fingerprint density at radius 3 is 2.59 bits per heavy atom. The summed E-state index contributed by atoms with van der Waals surface area (Å²) in [4.78, 5) is 24.9. The number of thioether (sulfide) groups is 1. The lowest BCUT2D eigenvalue weighted by Crippen LogP contribution is -2.28. The molecular formula is C22H23Cl2N5O2S. The molecule has 10 heteroatoms. The first kappa shape index (κ1) is 24.1. The molecule has 3 rings (SSSR count). The Bertz CT molecular complexity index is 1140. The van der Waals surface area contributed by atoms with E-state index in [4.69, 9.17) is 23.2 Å². The van der Waals surface area contributed by atoms with Crippen molar-refractivity contribution in [2.75, 3.05) is 11.1 Å². The third-order valence-corrected chi connectivity index (χ3v) is 6.32. The Labute approximate surface area is 200 Å². The second kappa shape index (κ2) is 10.8. The third-order valence-electron chi connectivity index (χ3n) is 4.61. The van der Waals surface area contributed by atoms with E-state index in [1.807, 2.05) is 43.5 Å². The molecule has 0 spiro atoms. The predicted molar refractivity (Wildman–Crippen MR) is 129 cm³/mol. The van der Waals surface area contributed by atoms with Crippen molar-refractivity contribution in [2.45, 2.75) is 38.5 Å². The maximum atomic E-state index is 12.6. The summed E-state index contributed by atoms with van der Waals surface area (Å²) in [5.74, 6) is 0.381. The Balaban J connectivity index is 1.62. The lowest BCUT2D eigenvalue weighted by Gasteiger charge is -2.15. The molecule has 1 heterocycles. The number of benzene rings is 2. The van der Waals surface area contributed by atoms with Crippen molar-refractivity contribution in [1.82, 2.24) is 20.1 Å². The van der Waals surface area contributed by atoms with Crippen LogP contribution in [-0.2, 0) is 11.3 Å². The van der Waals surface area contributed by atoms with E-state index >= 15 is 0 Å². The molecule has 2 aromatic carbocycles. The first-order chi connectivity index (χ1) is 15.3. The van der Waals surface area contributed by atoms with Gasteiger partial charge in [-0.25, -0.2) is 0 Å². The summed E-state index contributed by atoms with van der Waals surface area (Å²) in [5.41, 5.74) is 2.17. The number of hydrogen-bond donors (Lipinski definition) is 2. The summed E-state index contributed by atoms with van der Waals surface area (Å²) in [7, 11) is 0. The SMILES string of the molecule is CCn1c(SCC(=O)Nc2ccc(Cl)c(Cl)c2)nnc1[C@H](C)NC(=O)c1cccc(C)c1. The largest absolute Gasteiger partial charge is 0.342 e. The number of nitrogens with zero attached hydrogens (tertiary/aromatic N) is 3. The van der Waals surface area contributed by atoms with E-state index in [0.29, 0.717) is 38.8 Å². The number of aromatic nitrogens is 3. The minimum absolute atomic E-state index is 0.141. The summed E-state index contributed by atoms with van der Waals surface area (Å²) in [6, 6.07) is 11.9. The highest BCUT2D eigenvalue weighted by atomic mass is 35.5. The van der Waals surface area contributed by atoms with Gasteiger partial charge in [0.1, 0.15) is 0 Å². The zero-order valence-corrected chi connectivity index (χ0v) is 20.2. The highest BCUT2D eigenvalue weighted by Gasteiger charge is 2.20. The summed E-state index contributed by atoms with van der Waals surface area (Å²) < 4.78 is 1.89. The lowest BCUT2D eigenvalue weighted by atomic mass is 10.1. The topological polar surface area (TPSA) is 88.9 Å². The van der Waals surface area contributed by atoms with Crippen molar-refractivity contribution in [3.05, 3.63) is 69.5 Å². The van der Waals surface area contributed by atoms with Crippen LogP contribution < -0.4 is 10.6 Å². The van der Waals surface area contributed by atoms with Crippen molar-refractivity contribution in [1.29, 1.82) is 0 Å². The molecule has 3 aromatic rings. The quantitative estimate of drug-likeness (QED) is 0.426. The third kappa shape index (κ3) is 6.03. The molecule has 0 unspecified atom stereocenters. The molecule has 0 saturated carbocycles. The Morgan fingerprint density at radius 1 is 1.12 bits per heavy atom. The molecule has 0 bridgehead atoms. The van der Waals surface area contributed by atoms with E-state index in [-0.39, 0.29) is 23.6 Å². The van der Waals surface area contributed by atoms with Gasteiger partial charge in [0.05, 0.1) is 21.8 Å². The number of amides is 2. The van der Waals surface area contributed by atoms with Gasteiger partial charge < -0.3 is 15.2 Å². The van der Waals surface area contributed by atoms with Crippen LogP contribution in [-0.4, -0.2) is 32.3 Å². The first-order valence-corrected chi connectivity index (χ1v) is 11.7. The number of anilines is 1. The molecular weight excluding hydrogens is 469 g/mol. The molecule has 2 amide bonds. The monoisotopic (exact) mass is 491 g/mol. The molecule has 0 radical (unpaired) electrons. The van der Waals surface area contributed by atoms with E-state index < -0.39 is 0 Å².